The molecule has 132 valence electrons. The average molecular weight is 327 g/mol. The summed E-state index contributed by atoms with van der Waals surface area (Å²) in [6.45, 7) is 4.99. The third kappa shape index (κ3) is 1.84. The molecule has 5 rings (SSSR count). The predicted molar refractivity (Wildman–Crippen MR) is 100 cm³/mol. The van der Waals surface area contributed by atoms with Crippen molar-refractivity contribution in [2.24, 2.45) is 39.5 Å². The van der Waals surface area contributed by atoms with E-state index in [1.165, 1.54) is 51.4 Å². The largest absolute Gasteiger partial charge is 0.317 e. The molecule has 2 nitrogen and oxygen atoms in total. The Bertz CT molecular complexity index is 593. The lowest BCUT2D eigenvalue weighted by molar-refractivity contribution is -0.0157. The van der Waals surface area contributed by atoms with Crippen molar-refractivity contribution in [3.8, 4) is 0 Å². The van der Waals surface area contributed by atoms with Gasteiger partial charge in [-0.1, -0.05) is 18.6 Å². The molecule has 5 aliphatic rings. The number of rotatable bonds is 1. The van der Waals surface area contributed by atoms with Crippen molar-refractivity contribution in [3.63, 3.8) is 0 Å². The van der Waals surface area contributed by atoms with Crippen LogP contribution in [0.1, 0.15) is 65.2 Å². The first-order valence-corrected chi connectivity index (χ1v) is 10.5. The standard InChI is InChI=1S/C22H34N2/c1-14-18-6-7-20-17-5-4-15-12-16(23-3)8-10-21(15,2)19(17)9-11-22(18,20)13-24-14/h4,13-14,16-20,23H,5-12H2,1-3H3/t14-,16-,17+,18+,19-,20-,21-,22-/m0/s1. The maximum Gasteiger partial charge on any atom is 0.0504 e. The Morgan fingerprint density at radius 2 is 1.92 bits per heavy atom. The summed E-state index contributed by atoms with van der Waals surface area (Å²) in [6.07, 6.45) is 16.3. The highest BCUT2D eigenvalue weighted by Crippen LogP contribution is 2.67. The van der Waals surface area contributed by atoms with Crippen molar-refractivity contribution in [1.29, 1.82) is 0 Å². The number of nitrogens with zero attached hydrogens (tertiary/aromatic N) is 1. The van der Waals surface area contributed by atoms with Crippen molar-refractivity contribution in [3.05, 3.63) is 11.6 Å². The van der Waals surface area contributed by atoms with Crippen molar-refractivity contribution < 1.29 is 0 Å². The first-order chi connectivity index (χ1) is 11.6. The Morgan fingerprint density at radius 1 is 1.08 bits per heavy atom. The van der Waals surface area contributed by atoms with E-state index in [2.05, 4.69) is 38.5 Å². The van der Waals surface area contributed by atoms with E-state index in [0.29, 0.717) is 16.9 Å². The maximum atomic E-state index is 4.90. The molecule has 1 N–H and O–H groups in total. The normalized spacial score (nSPS) is 55.4. The molecule has 0 saturated heterocycles. The Hall–Kier alpha value is -0.630. The SMILES string of the molecule is CN[C@H]1CC[C@@]2(C)C(=CC[C@H]3[C@@H]4CC[C@@H]5[C@H](C)N=C[C@@]54CC[C@@H]32)C1. The molecule has 4 aliphatic carbocycles. The Labute approximate surface area is 147 Å². The Balaban J connectivity index is 1.48. The van der Waals surface area contributed by atoms with Gasteiger partial charge in [-0.05, 0) is 94.4 Å². The van der Waals surface area contributed by atoms with Crippen LogP contribution in [-0.2, 0) is 0 Å². The first kappa shape index (κ1) is 15.6. The number of allylic oxidation sites excluding steroid dienone is 1. The van der Waals surface area contributed by atoms with Crippen LogP contribution in [0.15, 0.2) is 16.6 Å². The van der Waals surface area contributed by atoms with Crippen molar-refractivity contribution in [2.45, 2.75) is 77.3 Å². The second-order valence-corrected chi connectivity index (χ2v) is 9.84. The van der Waals surface area contributed by atoms with E-state index >= 15 is 0 Å². The monoisotopic (exact) mass is 326 g/mol. The summed E-state index contributed by atoms with van der Waals surface area (Å²) in [6, 6.07) is 1.30. The lowest BCUT2D eigenvalue weighted by atomic mass is 9.47. The van der Waals surface area contributed by atoms with E-state index in [4.69, 9.17) is 4.99 Å². The van der Waals surface area contributed by atoms with Gasteiger partial charge in [-0.15, -0.1) is 0 Å². The second-order valence-electron chi connectivity index (χ2n) is 9.84. The number of aliphatic imine (C=N–C) groups is 1. The fraction of sp³-hybridized carbons (Fsp3) is 0.864. The molecule has 3 saturated carbocycles. The smallest absolute Gasteiger partial charge is 0.0504 e. The topological polar surface area (TPSA) is 24.4 Å². The molecule has 0 radical (unpaired) electrons. The third-order valence-electron chi connectivity index (χ3n) is 9.30. The molecule has 0 unspecified atom stereocenters. The summed E-state index contributed by atoms with van der Waals surface area (Å²) in [5.41, 5.74) is 2.79. The van der Waals surface area contributed by atoms with Crippen molar-refractivity contribution >= 4 is 6.21 Å². The van der Waals surface area contributed by atoms with E-state index in [1.54, 1.807) is 5.57 Å². The van der Waals surface area contributed by atoms with Crippen LogP contribution in [0.5, 0.6) is 0 Å². The van der Waals surface area contributed by atoms with Crippen molar-refractivity contribution in [1.82, 2.24) is 5.32 Å². The van der Waals surface area contributed by atoms with Crippen LogP contribution in [0, 0.1) is 34.5 Å². The van der Waals surface area contributed by atoms with E-state index in [9.17, 15) is 0 Å². The summed E-state index contributed by atoms with van der Waals surface area (Å²) >= 11 is 0. The molecule has 0 aromatic carbocycles. The van der Waals surface area contributed by atoms with Gasteiger partial charge in [0.1, 0.15) is 0 Å². The highest BCUT2D eigenvalue weighted by atomic mass is 14.9. The van der Waals surface area contributed by atoms with Gasteiger partial charge in [0.2, 0.25) is 0 Å². The average Bonchev–Trinajstić information content (AvgIpc) is 3.12. The predicted octanol–water partition coefficient (Wildman–Crippen LogP) is 4.61. The second kappa shape index (κ2) is 5.19. The molecular weight excluding hydrogens is 292 g/mol. The number of hydrogen-bond donors (Lipinski definition) is 1. The molecule has 0 aromatic rings. The Kier molecular flexibility index (Phi) is 3.38. The van der Waals surface area contributed by atoms with Crippen LogP contribution in [0.2, 0.25) is 0 Å². The number of fused-ring (bicyclic) bond motifs is 4. The zero-order valence-electron chi connectivity index (χ0n) is 15.7. The Morgan fingerprint density at radius 3 is 2.75 bits per heavy atom. The quantitative estimate of drug-likeness (QED) is 0.699. The van der Waals surface area contributed by atoms with Crippen LogP contribution < -0.4 is 5.32 Å². The van der Waals surface area contributed by atoms with Crippen LogP contribution in [0.4, 0.5) is 0 Å². The molecule has 0 bridgehead atoms. The summed E-state index contributed by atoms with van der Waals surface area (Å²) in [7, 11) is 2.14. The minimum Gasteiger partial charge on any atom is -0.317 e. The van der Waals surface area contributed by atoms with Gasteiger partial charge in [0, 0.05) is 17.7 Å². The fourth-order valence-corrected chi connectivity index (χ4v) is 7.98. The van der Waals surface area contributed by atoms with E-state index in [-0.39, 0.29) is 0 Å². The fourth-order valence-electron chi connectivity index (χ4n) is 7.98. The lowest BCUT2D eigenvalue weighted by Gasteiger charge is -2.57. The molecule has 1 spiro atoms. The van der Waals surface area contributed by atoms with Gasteiger partial charge in [0.15, 0.2) is 0 Å². The van der Waals surface area contributed by atoms with Crippen LogP contribution >= 0.6 is 0 Å². The van der Waals surface area contributed by atoms with Gasteiger partial charge in [0.05, 0.1) is 6.04 Å². The number of hydrogen-bond acceptors (Lipinski definition) is 2. The molecule has 0 amide bonds. The third-order valence-corrected chi connectivity index (χ3v) is 9.30. The molecular formula is C22H34N2. The summed E-state index contributed by atoms with van der Waals surface area (Å²) in [5.74, 6) is 3.66. The van der Waals surface area contributed by atoms with E-state index in [1.807, 2.05) is 0 Å². The zero-order valence-corrected chi connectivity index (χ0v) is 15.7. The molecule has 1 heterocycles. The highest BCUT2D eigenvalue weighted by molar-refractivity contribution is 5.71. The summed E-state index contributed by atoms with van der Waals surface area (Å²) in [5, 5.41) is 3.54. The molecule has 0 aromatic heterocycles. The lowest BCUT2D eigenvalue weighted by Crippen LogP contribution is -2.52. The molecule has 8 atom stereocenters. The van der Waals surface area contributed by atoms with Crippen LogP contribution in [-0.4, -0.2) is 25.3 Å². The van der Waals surface area contributed by atoms with Gasteiger partial charge in [0.25, 0.3) is 0 Å². The van der Waals surface area contributed by atoms with Gasteiger partial charge >= 0.3 is 0 Å². The molecule has 2 heteroatoms. The number of nitrogens with one attached hydrogen (secondary N) is 1. The first-order valence-electron chi connectivity index (χ1n) is 10.5. The van der Waals surface area contributed by atoms with Gasteiger partial charge in [-0.2, -0.15) is 0 Å². The van der Waals surface area contributed by atoms with Crippen LogP contribution in [0.25, 0.3) is 0 Å². The minimum atomic E-state index is 0.491. The molecule has 3 fully saturated rings. The van der Waals surface area contributed by atoms with Gasteiger partial charge < -0.3 is 5.32 Å². The highest BCUT2D eigenvalue weighted by Gasteiger charge is 2.62. The van der Waals surface area contributed by atoms with Gasteiger partial charge in [-0.3, -0.25) is 4.99 Å². The van der Waals surface area contributed by atoms with E-state index < -0.39 is 0 Å². The van der Waals surface area contributed by atoms with Gasteiger partial charge in [-0.25, -0.2) is 0 Å². The zero-order chi connectivity index (χ0) is 16.5. The maximum absolute atomic E-state index is 4.90. The summed E-state index contributed by atoms with van der Waals surface area (Å²) < 4.78 is 0. The van der Waals surface area contributed by atoms with Crippen molar-refractivity contribution in [2.75, 3.05) is 7.05 Å². The van der Waals surface area contributed by atoms with Crippen LogP contribution in [0.3, 0.4) is 0 Å². The summed E-state index contributed by atoms with van der Waals surface area (Å²) in [4.78, 5) is 4.90. The molecule has 24 heavy (non-hydrogen) atoms. The van der Waals surface area contributed by atoms with E-state index in [0.717, 1.165) is 29.7 Å². The molecule has 1 aliphatic heterocycles. The minimum absolute atomic E-state index is 0.491.